The van der Waals surface area contributed by atoms with Crippen molar-refractivity contribution in [1.82, 2.24) is 5.32 Å². The molecule has 1 rings (SSSR count). The fraction of sp³-hybridized carbons (Fsp3) is 0.417. The number of rotatable bonds is 4. The zero-order valence-electron chi connectivity index (χ0n) is 10.5. The zero-order valence-corrected chi connectivity index (χ0v) is 10.5. The molecule has 0 aliphatic carbocycles. The van der Waals surface area contributed by atoms with Gasteiger partial charge in [-0.3, -0.25) is 4.79 Å². The molecule has 0 bridgehead atoms. The molecule has 3 N–H and O–H groups in total. The fourth-order valence-electron chi connectivity index (χ4n) is 1.24. The Bertz CT molecular complexity index is 462. The van der Waals surface area contributed by atoms with Gasteiger partial charge >= 0.3 is 0 Å². The van der Waals surface area contributed by atoms with Crippen LogP contribution >= 0.6 is 0 Å². The van der Waals surface area contributed by atoms with E-state index in [1.807, 2.05) is 0 Å². The summed E-state index contributed by atoms with van der Waals surface area (Å²) < 4.78 is 31.7. The van der Waals surface area contributed by atoms with Gasteiger partial charge in [0.15, 0.2) is 5.82 Å². The van der Waals surface area contributed by atoms with E-state index >= 15 is 0 Å². The van der Waals surface area contributed by atoms with E-state index < -0.39 is 34.4 Å². The molecule has 1 aromatic rings. The van der Waals surface area contributed by atoms with Crippen LogP contribution in [0, 0.1) is 11.6 Å². The highest BCUT2D eigenvalue weighted by Gasteiger charge is 2.20. The first-order valence-electron chi connectivity index (χ1n) is 5.34. The predicted octanol–water partition coefficient (Wildman–Crippen LogP) is 1.70. The van der Waals surface area contributed by atoms with Gasteiger partial charge in [0.25, 0.3) is 5.91 Å². The van der Waals surface area contributed by atoms with E-state index in [1.54, 1.807) is 13.8 Å². The molecule has 0 fully saturated rings. The summed E-state index contributed by atoms with van der Waals surface area (Å²) in [5.74, 6) is -2.42. The molecule has 0 atom stereocenters. The summed E-state index contributed by atoms with van der Waals surface area (Å²) in [4.78, 5) is 11.7. The highest BCUT2D eigenvalue weighted by Crippen LogP contribution is 2.17. The van der Waals surface area contributed by atoms with Crippen LogP contribution in [-0.4, -0.2) is 25.2 Å². The van der Waals surface area contributed by atoms with Crippen molar-refractivity contribution in [1.29, 1.82) is 0 Å². The fourth-order valence-corrected chi connectivity index (χ4v) is 1.24. The first-order chi connectivity index (χ1) is 8.26. The summed E-state index contributed by atoms with van der Waals surface area (Å²) in [5, 5.41) is 2.46. The molecular formula is C12H16F2N2O2. The Hall–Kier alpha value is -1.69. The van der Waals surface area contributed by atoms with E-state index in [0.717, 1.165) is 12.1 Å². The number of carbonyl (C=O) groups excluding carboxylic acids is 1. The van der Waals surface area contributed by atoms with E-state index in [-0.39, 0.29) is 6.54 Å². The van der Waals surface area contributed by atoms with Crippen LogP contribution in [0.25, 0.3) is 0 Å². The quantitative estimate of drug-likeness (QED) is 0.808. The third-order valence-electron chi connectivity index (χ3n) is 2.54. The van der Waals surface area contributed by atoms with Crippen molar-refractivity contribution in [2.24, 2.45) is 0 Å². The van der Waals surface area contributed by atoms with Gasteiger partial charge in [-0.15, -0.1) is 0 Å². The van der Waals surface area contributed by atoms with Crippen LogP contribution in [0.2, 0.25) is 0 Å². The van der Waals surface area contributed by atoms with Crippen molar-refractivity contribution in [2.45, 2.75) is 19.4 Å². The summed E-state index contributed by atoms with van der Waals surface area (Å²) in [7, 11) is 1.49. The molecule has 0 aliphatic rings. The molecule has 0 aliphatic heterocycles. The smallest absolute Gasteiger partial charge is 0.254 e. The number of hydrogen-bond acceptors (Lipinski definition) is 3. The van der Waals surface area contributed by atoms with Gasteiger partial charge in [-0.2, -0.15) is 0 Å². The summed E-state index contributed by atoms with van der Waals surface area (Å²) >= 11 is 0. The van der Waals surface area contributed by atoms with Crippen LogP contribution in [0.1, 0.15) is 24.2 Å². The summed E-state index contributed by atoms with van der Waals surface area (Å²) in [5.41, 5.74) is 3.84. The maximum Gasteiger partial charge on any atom is 0.254 e. The highest BCUT2D eigenvalue weighted by atomic mass is 19.1. The van der Waals surface area contributed by atoms with Crippen molar-refractivity contribution in [3.8, 4) is 0 Å². The highest BCUT2D eigenvalue weighted by molar-refractivity contribution is 5.95. The van der Waals surface area contributed by atoms with E-state index in [1.165, 1.54) is 7.11 Å². The SMILES string of the molecule is COC(C)(C)CNC(=O)c1cc(F)cc(N)c1F. The summed E-state index contributed by atoms with van der Waals surface area (Å²) in [6, 6.07) is 1.63. The number of methoxy groups -OCH3 is 1. The molecule has 18 heavy (non-hydrogen) atoms. The van der Waals surface area contributed by atoms with Gasteiger partial charge in [-0.05, 0) is 26.0 Å². The second-order valence-corrected chi connectivity index (χ2v) is 4.50. The number of nitrogens with two attached hydrogens (primary N) is 1. The number of nitrogens with one attached hydrogen (secondary N) is 1. The standard InChI is InChI=1S/C12H16F2N2O2/c1-12(2,18-3)6-16-11(17)8-4-7(13)5-9(15)10(8)14/h4-5H,6,15H2,1-3H3,(H,16,17). The largest absolute Gasteiger partial charge is 0.396 e. The van der Waals surface area contributed by atoms with Gasteiger partial charge in [0.2, 0.25) is 0 Å². The third-order valence-corrected chi connectivity index (χ3v) is 2.54. The molecule has 0 saturated carbocycles. The first-order valence-corrected chi connectivity index (χ1v) is 5.34. The molecule has 6 heteroatoms. The monoisotopic (exact) mass is 258 g/mol. The maximum atomic E-state index is 13.6. The first kappa shape index (κ1) is 14.4. The molecule has 1 aromatic carbocycles. The molecular weight excluding hydrogens is 242 g/mol. The number of anilines is 1. The Morgan fingerprint density at radius 1 is 1.44 bits per heavy atom. The lowest BCUT2D eigenvalue weighted by Gasteiger charge is -2.23. The minimum atomic E-state index is -0.927. The number of benzene rings is 1. The lowest BCUT2D eigenvalue weighted by atomic mass is 10.1. The van der Waals surface area contributed by atoms with Crippen molar-refractivity contribution in [2.75, 3.05) is 19.4 Å². The maximum absolute atomic E-state index is 13.6. The van der Waals surface area contributed by atoms with Crippen LogP contribution < -0.4 is 11.1 Å². The molecule has 0 saturated heterocycles. The minimum absolute atomic E-state index is 0.165. The lowest BCUT2D eigenvalue weighted by molar-refractivity contribution is 0.0228. The van der Waals surface area contributed by atoms with Gasteiger partial charge < -0.3 is 15.8 Å². The van der Waals surface area contributed by atoms with Crippen molar-refractivity contribution in [3.05, 3.63) is 29.3 Å². The number of ether oxygens (including phenoxy) is 1. The average molecular weight is 258 g/mol. The van der Waals surface area contributed by atoms with Gasteiger partial charge in [0, 0.05) is 13.7 Å². The van der Waals surface area contributed by atoms with Crippen molar-refractivity contribution < 1.29 is 18.3 Å². The van der Waals surface area contributed by atoms with Gasteiger partial charge in [0.05, 0.1) is 16.9 Å². The van der Waals surface area contributed by atoms with Crippen LogP contribution in [0.4, 0.5) is 14.5 Å². The zero-order chi connectivity index (χ0) is 13.9. The number of carbonyl (C=O) groups is 1. The molecule has 0 spiro atoms. The van der Waals surface area contributed by atoms with E-state index in [2.05, 4.69) is 5.32 Å². The van der Waals surface area contributed by atoms with Crippen LogP contribution in [-0.2, 0) is 4.74 Å². The average Bonchev–Trinajstić information content (AvgIpc) is 2.31. The Morgan fingerprint density at radius 2 is 2.06 bits per heavy atom. The Kier molecular flexibility index (Phi) is 4.24. The predicted molar refractivity (Wildman–Crippen MR) is 64.2 cm³/mol. The van der Waals surface area contributed by atoms with E-state index in [0.29, 0.717) is 0 Å². The number of hydrogen-bond donors (Lipinski definition) is 2. The number of halogens is 2. The summed E-state index contributed by atoms with van der Waals surface area (Å²) in [6.07, 6.45) is 0. The molecule has 0 unspecified atom stereocenters. The number of nitrogen functional groups attached to an aromatic ring is 1. The molecule has 4 nitrogen and oxygen atoms in total. The third kappa shape index (κ3) is 3.40. The van der Waals surface area contributed by atoms with E-state index in [4.69, 9.17) is 10.5 Å². The Labute approximate surface area is 104 Å². The molecule has 0 aromatic heterocycles. The van der Waals surface area contributed by atoms with Crippen molar-refractivity contribution in [3.63, 3.8) is 0 Å². The molecule has 1 amide bonds. The normalized spacial score (nSPS) is 11.4. The van der Waals surface area contributed by atoms with Crippen LogP contribution in [0.15, 0.2) is 12.1 Å². The Morgan fingerprint density at radius 3 is 2.61 bits per heavy atom. The van der Waals surface area contributed by atoms with Crippen molar-refractivity contribution >= 4 is 11.6 Å². The second kappa shape index (κ2) is 5.30. The minimum Gasteiger partial charge on any atom is -0.396 e. The number of amides is 1. The summed E-state index contributed by atoms with van der Waals surface area (Å²) in [6.45, 7) is 3.67. The Balaban J connectivity index is 2.85. The van der Waals surface area contributed by atoms with Crippen LogP contribution in [0.5, 0.6) is 0 Å². The topological polar surface area (TPSA) is 64.3 Å². The van der Waals surface area contributed by atoms with E-state index in [9.17, 15) is 13.6 Å². The molecule has 100 valence electrons. The van der Waals surface area contributed by atoms with Gasteiger partial charge in [0.1, 0.15) is 5.82 Å². The van der Waals surface area contributed by atoms with Crippen LogP contribution in [0.3, 0.4) is 0 Å². The second-order valence-electron chi connectivity index (χ2n) is 4.50. The molecule has 0 heterocycles. The lowest BCUT2D eigenvalue weighted by Crippen LogP contribution is -2.40. The van der Waals surface area contributed by atoms with Gasteiger partial charge in [-0.25, -0.2) is 8.78 Å². The molecule has 0 radical (unpaired) electrons. The van der Waals surface area contributed by atoms with Gasteiger partial charge in [-0.1, -0.05) is 0 Å².